The molecule has 0 fully saturated rings. The monoisotopic (exact) mass is 184 g/mol. The molecule has 4 nitrogen and oxygen atoms in total. The van der Waals surface area contributed by atoms with Gasteiger partial charge in [0.1, 0.15) is 12.4 Å². The van der Waals surface area contributed by atoms with Crippen LogP contribution >= 0.6 is 0 Å². The van der Waals surface area contributed by atoms with E-state index in [4.69, 9.17) is 13.9 Å². The van der Waals surface area contributed by atoms with Crippen molar-refractivity contribution < 1.29 is 13.9 Å². The van der Waals surface area contributed by atoms with Crippen molar-refractivity contribution in [3.63, 3.8) is 0 Å². The van der Waals surface area contributed by atoms with Crippen LogP contribution in [-0.4, -0.2) is 20.3 Å². The first-order chi connectivity index (χ1) is 6.24. The van der Waals surface area contributed by atoms with Gasteiger partial charge >= 0.3 is 5.63 Å². The Bertz CT molecular complexity index is 316. The minimum Gasteiger partial charge on any atom is -0.484 e. The molecule has 0 bridgehead atoms. The zero-order valence-corrected chi connectivity index (χ0v) is 7.70. The molecule has 0 N–H and O–H groups in total. The lowest BCUT2D eigenvalue weighted by molar-refractivity contribution is 0.143. The van der Waals surface area contributed by atoms with E-state index < -0.39 is 5.63 Å². The molecule has 0 saturated carbocycles. The maximum Gasteiger partial charge on any atom is 0.378 e. The molecule has 13 heavy (non-hydrogen) atoms. The van der Waals surface area contributed by atoms with Crippen molar-refractivity contribution in [1.29, 1.82) is 0 Å². The minimum absolute atomic E-state index is 0.225. The summed E-state index contributed by atoms with van der Waals surface area (Å²) in [4.78, 5) is 11.1. The molecule has 0 saturated heterocycles. The van der Waals surface area contributed by atoms with Crippen LogP contribution in [-0.2, 0) is 4.74 Å². The van der Waals surface area contributed by atoms with Crippen molar-refractivity contribution >= 4 is 0 Å². The molecule has 4 heteroatoms. The van der Waals surface area contributed by atoms with Crippen LogP contribution in [0.5, 0.6) is 5.75 Å². The zero-order valence-electron chi connectivity index (χ0n) is 7.70. The Morgan fingerprint density at radius 2 is 2.15 bits per heavy atom. The van der Waals surface area contributed by atoms with Crippen molar-refractivity contribution in [1.82, 2.24) is 0 Å². The summed E-state index contributed by atoms with van der Waals surface area (Å²) in [6.07, 6.45) is 0. The molecular formula is C9H12O4. The number of ether oxygens (including phenoxy) is 2. The maximum absolute atomic E-state index is 11.1. The fraction of sp³-hybridized carbons (Fsp3) is 0.444. The maximum atomic E-state index is 11.1. The molecule has 1 heterocycles. The molecule has 1 aromatic rings. The highest BCUT2D eigenvalue weighted by molar-refractivity contribution is 5.16. The number of hydrogen-bond donors (Lipinski definition) is 0. The van der Waals surface area contributed by atoms with E-state index >= 15 is 0 Å². The van der Waals surface area contributed by atoms with Gasteiger partial charge in [0.05, 0.1) is 6.61 Å². The first kappa shape index (κ1) is 9.80. The summed E-state index contributed by atoms with van der Waals surface area (Å²) in [5.74, 6) is 0.798. The Morgan fingerprint density at radius 3 is 2.77 bits per heavy atom. The third-order valence-corrected chi connectivity index (χ3v) is 1.47. The summed E-state index contributed by atoms with van der Waals surface area (Å²) in [5.41, 5.74) is -0.448. The van der Waals surface area contributed by atoms with Crippen LogP contribution in [0.2, 0.25) is 0 Å². The van der Waals surface area contributed by atoms with Gasteiger partial charge in [-0.15, -0.1) is 0 Å². The molecule has 0 atom stereocenters. The second-order valence-electron chi connectivity index (χ2n) is 2.54. The van der Waals surface area contributed by atoms with Gasteiger partial charge in [-0.1, -0.05) is 0 Å². The molecule has 0 aliphatic carbocycles. The largest absolute Gasteiger partial charge is 0.484 e. The first-order valence-electron chi connectivity index (χ1n) is 3.96. The predicted molar refractivity (Wildman–Crippen MR) is 47.1 cm³/mol. The highest BCUT2D eigenvalue weighted by Gasteiger charge is 2.01. The SMILES string of the molecule is COCCOc1ccc(C)oc1=O. The van der Waals surface area contributed by atoms with Gasteiger partial charge in [-0.05, 0) is 19.1 Å². The smallest absolute Gasteiger partial charge is 0.378 e. The fourth-order valence-electron chi connectivity index (χ4n) is 0.834. The lowest BCUT2D eigenvalue weighted by atomic mass is 10.4. The van der Waals surface area contributed by atoms with E-state index in [1.807, 2.05) is 0 Å². The van der Waals surface area contributed by atoms with Crippen LogP contribution < -0.4 is 10.4 Å². The van der Waals surface area contributed by atoms with Gasteiger partial charge in [0, 0.05) is 7.11 Å². The van der Waals surface area contributed by atoms with Crippen molar-refractivity contribution in [3.05, 3.63) is 28.3 Å². The summed E-state index contributed by atoms with van der Waals surface area (Å²) in [7, 11) is 1.57. The van der Waals surface area contributed by atoms with Crippen LogP contribution in [0.4, 0.5) is 0 Å². The Kier molecular flexibility index (Phi) is 3.52. The average Bonchev–Trinajstić information content (AvgIpc) is 2.09. The van der Waals surface area contributed by atoms with Gasteiger partial charge in [-0.2, -0.15) is 0 Å². The Morgan fingerprint density at radius 1 is 1.38 bits per heavy atom. The van der Waals surface area contributed by atoms with E-state index in [1.54, 1.807) is 26.2 Å². The lowest BCUT2D eigenvalue weighted by Gasteiger charge is -2.02. The van der Waals surface area contributed by atoms with E-state index in [2.05, 4.69) is 0 Å². The molecule has 0 radical (unpaired) electrons. The van der Waals surface area contributed by atoms with Gasteiger partial charge < -0.3 is 13.9 Å². The van der Waals surface area contributed by atoms with Gasteiger partial charge in [-0.3, -0.25) is 0 Å². The van der Waals surface area contributed by atoms with E-state index in [-0.39, 0.29) is 5.75 Å². The number of rotatable bonds is 4. The first-order valence-corrected chi connectivity index (χ1v) is 3.96. The molecular weight excluding hydrogens is 172 g/mol. The Balaban J connectivity index is 2.62. The van der Waals surface area contributed by atoms with Crippen LogP contribution in [0.3, 0.4) is 0 Å². The van der Waals surface area contributed by atoms with E-state index in [0.717, 1.165) is 0 Å². The van der Waals surface area contributed by atoms with Gasteiger partial charge in [0.25, 0.3) is 0 Å². The summed E-state index contributed by atoms with van der Waals surface area (Å²) in [6, 6.07) is 3.28. The molecule has 0 aliphatic rings. The molecule has 0 unspecified atom stereocenters. The van der Waals surface area contributed by atoms with E-state index in [1.165, 1.54) is 0 Å². The predicted octanol–water partition coefficient (Wildman–Crippen LogP) is 0.973. The molecule has 0 aromatic carbocycles. The van der Waals surface area contributed by atoms with Crippen LogP contribution in [0, 0.1) is 6.92 Å². The lowest BCUT2D eigenvalue weighted by Crippen LogP contribution is -2.11. The Hall–Kier alpha value is -1.29. The average molecular weight is 184 g/mol. The van der Waals surface area contributed by atoms with Gasteiger partial charge in [0.2, 0.25) is 5.75 Å². The topological polar surface area (TPSA) is 48.7 Å². The van der Waals surface area contributed by atoms with E-state index in [0.29, 0.717) is 19.0 Å². The van der Waals surface area contributed by atoms with Gasteiger partial charge in [0.15, 0.2) is 0 Å². The molecule has 72 valence electrons. The van der Waals surface area contributed by atoms with E-state index in [9.17, 15) is 4.79 Å². The quantitative estimate of drug-likeness (QED) is 0.654. The second-order valence-corrected chi connectivity index (χ2v) is 2.54. The van der Waals surface area contributed by atoms with Crippen LogP contribution in [0.15, 0.2) is 21.3 Å². The van der Waals surface area contributed by atoms with Crippen molar-refractivity contribution in [2.24, 2.45) is 0 Å². The summed E-state index contributed by atoms with van der Waals surface area (Å²) in [5, 5.41) is 0. The normalized spacial score (nSPS) is 10.0. The second kappa shape index (κ2) is 4.67. The summed E-state index contributed by atoms with van der Waals surface area (Å²) >= 11 is 0. The fourth-order valence-corrected chi connectivity index (χ4v) is 0.834. The standard InChI is InChI=1S/C9H12O4/c1-7-3-4-8(9(10)13-7)12-6-5-11-2/h3-4H,5-6H2,1-2H3. The molecule has 1 rings (SSSR count). The Labute approximate surface area is 76.1 Å². The van der Waals surface area contributed by atoms with Crippen molar-refractivity contribution in [2.45, 2.75) is 6.92 Å². The molecule has 1 aromatic heterocycles. The van der Waals surface area contributed by atoms with Crippen LogP contribution in [0.1, 0.15) is 5.76 Å². The van der Waals surface area contributed by atoms with Gasteiger partial charge in [-0.25, -0.2) is 4.79 Å². The minimum atomic E-state index is -0.448. The van der Waals surface area contributed by atoms with Crippen LogP contribution in [0.25, 0.3) is 0 Å². The molecule has 0 spiro atoms. The van der Waals surface area contributed by atoms with Crippen molar-refractivity contribution in [3.8, 4) is 5.75 Å². The zero-order chi connectivity index (χ0) is 9.68. The number of hydrogen-bond acceptors (Lipinski definition) is 4. The highest BCUT2D eigenvalue weighted by atomic mass is 16.5. The number of aryl methyl sites for hydroxylation is 1. The summed E-state index contributed by atoms with van der Waals surface area (Å²) in [6.45, 7) is 2.51. The van der Waals surface area contributed by atoms with Crippen molar-refractivity contribution in [2.75, 3.05) is 20.3 Å². The number of methoxy groups -OCH3 is 1. The molecule has 0 aliphatic heterocycles. The molecule has 0 amide bonds. The third kappa shape index (κ3) is 2.91. The summed E-state index contributed by atoms with van der Waals surface area (Å²) < 4.78 is 14.7. The highest BCUT2D eigenvalue weighted by Crippen LogP contribution is 2.04. The third-order valence-electron chi connectivity index (χ3n) is 1.47.